The van der Waals surface area contributed by atoms with Crippen LogP contribution in [0.5, 0.6) is 0 Å². The van der Waals surface area contributed by atoms with E-state index < -0.39 is 0 Å². The van der Waals surface area contributed by atoms with Crippen LogP contribution in [0.3, 0.4) is 0 Å². The lowest BCUT2D eigenvalue weighted by atomic mass is 10.0. The zero-order valence-electron chi connectivity index (χ0n) is 17.0. The van der Waals surface area contributed by atoms with Crippen LogP contribution in [0.1, 0.15) is 24.1 Å². The van der Waals surface area contributed by atoms with E-state index in [-0.39, 0.29) is 0 Å². The van der Waals surface area contributed by atoms with Crippen molar-refractivity contribution < 1.29 is 0 Å². The summed E-state index contributed by atoms with van der Waals surface area (Å²) in [6.45, 7) is 3.91. The summed E-state index contributed by atoms with van der Waals surface area (Å²) in [4.78, 5) is 11.5. The first-order valence-electron chi connectivity index (χ1n) is 10.4. The van der Waals surface area contributed by atoms with Crippen molar-refractivity contribution in [3.05, 3.63) is 78.1 Å². The number of aromatic nitrogens is 1. The fraction of sp³-hybridized carbons (Fsp3) is 0.333. The number of piperidine rings is 1. The van der Waals surface area contributed by atoms with Gasteiger partial charge in [0.2, 0.25) is 0 Å². The molecule has 2 N–H and O–H groups in total. The van der Waals surface area contributed by atoms with Gasteiger partial charge in [0.05, 0.1) is 12.2 Å². The molecule has 1 fully saturated rings. The summed E-state index contributed by atoms with van der Waals surface area (Å²) < 4.78 is 0. The topological polar surface area (TPSA) is 52.6 Å². The van der Waals surface area contributed by atoms with Gasteiger partial charge in [-0.05, 0) is 29.9 Å². The Bertz CT molecular complexity index is 940. The molecular weight excluding hydrogens is 358 g/mol. The van der Waals surface area contributed by atoms with Gasteiger partial charge in [-0.3, -0.25) is 14.9 Å². The van der Waals surface area contributed by atoms with Crippen molar-refractivity contribution in [1.29, 1.82) is 0 Å². The number of fused-ring (bicyclic) bond motifs is 1. The first-order chi connectivity index (χ1) is 14.3. The van der Waals surface area contributed by atoms with Gasteiger partial charge < -0.3 is 10.6 Å². The van der Waals surface area contributed by atoms with Crippen molar-refractivity contribution in [2.24, 2.45) is 4.99 Å². The Morgan fingerprint density at radius 3 is 2.59 bits per heavy atom. The molecule has 1 aliphatic rings. The van der Waals surface area contributed by atoms with Crippen LogP contribution in [-0.4, -0.2) is 42.0 Å². The largest absolute Gasteiger partial charge is 0.354 e. The van der Waals surface area contributed by atoms with Crippen LogP contribution in [-0.2, 0) is 13.1 Å². The van der Waals surface area contributed by atoms with Gasteiger partial charge in [0, 0.05) is 44.3 Å². The van der Waals surface area contributed by atoms with Gasteiger partial charge in [0.25, 0.3) is 0 Å². The van der Waals surface area contributed by atoms with Crippen molar-refractivity contribution in [2.75, 3.05) is 20.1 Å². The molecule has 0 atom stereocenters. The van der Waals surface area contributed by atoms with Crippen LogP contribution in [0.15, 0.2) is 71.9 Å². The Morgan fingerprint density at radius 2 is 1.79 bits per heavy atom. The summed E-state index contributed by atoms with van der Waals surface area (Å²) in [5, 5.41) is 9.43. The number of likely N-dealkylation sites (tertiary alicyclic amines) is 1. The molecular formula is C24H29N5. The first-order valence-corrected chi connectivity index (χ1v) is 10.4. The van der Waals surface area contributed by atoms with E-state index in [0.29, 0.717) is 12.6 Å². The van der Waals surface area contributed by atoms with E-state index in [9.17, 15) is 0 Å². The second-order valence-corrected chi connectivity index (χ2v) is 7.58. The molecule has 0 bridgehead atoms. The SMILES string of the molecule is CN=C(NCc1nccc2ccccc12)NC1CCN(Cc2ccccc2)CC1. The highest BCUT2D eigenvalue weighted by molar-refractivity contribution is 5.85. The molecule has 5 nitrogen and oxygen atoms in total. The number of hydrogen-bond donors (Lipinski definition) is 2. The summed E-state index contributed by atoms with van der Waals surface area (Å²) in [7, 11) is 1.83. The van der Waals surface area contributed by atoms with Crippen LogP contribution < -0.4 is 10.6 Å². The van der Waals surface area contributed by atoms with Crippen molar-refractivity contribution in [3.63, 3.8) is 0 Å². The molecule has 4 rings (SSSR count). The second kappa shape index (κ2) is 9.52. The molecule has 0 saturated carbocycles. The molecule has 2 heterocycles. The van der Waals surface area contributed by atoms with Gasteiger partial charge in [-0.1, -0.05) is 54.6 Å². The maximum absolute atomic E-state index is 4.56. The molecule has 3 aromatic rings. The van der Waals surface area contributed by atoms with E-state index in [2.05, 4.69) is 86.2 Å². The number of hydrogen-bond acceptors (Lipinski definition) is 3. The van der Waals surface area contributed by atoms with Gasteiger partial charge >= 0.3 is 0 Å². The predicted octanol–water partition coefficient (Wildman–Crippen LogP) is 3.56. The lowest BCUT2D eigenvalue weighted by Gasteiger charge is -2.33. The summed E-state index contributed by atoms with van der Waals surface area (Å²) in [5.74, 6) is 0.848. The van der Waals surface area contributed by atoms with Gasteiger partial charge in [-0.25, -0.2) is 0 Å². The Kier molecular flexibility index (Phi) is 6.37. The van der Waals surface area contributed by atoms with Gasteiger partial charge in [-0.15, -0.1) is 0 Å². The lowest BCUT2D eigenvalue weighted by molar-refractivity contribution is 0.198. The third kappa shape index (κ3) is 5.12. The zero-order chi connectivity index (χ0) is 19.9. The Balaban J connectivity index is 1.28. The molecule has 0 aliphatic carbocycles. The fourth-order valence-corrected chi connectivity index (χ4v) is 3.96. The summed E-state index contributed by atoms with van der Waals surface area (Å²) in [5.41, 5.74) is 2.43. The third-order valence-electron chi connectivity index (χ3n) is 5.58. The number of aliphatic imine (C=N–C) groups is 1. The molecule has 0 unspecified atom stereocenters. The normalized spacial score (nSPS) is 16.1. The zero-order valence-corrected chi connectivity index (χ0v) is 17.0. The highest BCUT2D eigenvalue weighted by atomic mass is 15.2. The minimum absolute atomic E-state index is 0.453. The minimum atomic E-state index is 0.453. The van der Waals surface area contributed by atoms with E-state index in [1.54, 1.807) is 0 Å². The molecule has 1 saturated heterocycles. The van der Waals surface area contributed by atoms with Gasteiger partial charge in [0.1, 0.15) is 0 Å². The lowest BCUT2D eigenvalue weighted by Crippen LogP contribution is -2.48. The molecule has 5 heteroatoms. The summed E-state index contributed by atoms with van der Waals surface area (Å²) >= 11 is 0. The van der Waals surface area contributed by atoms with E-state index in [0.717, 1.165) is 44.1 Å². The van der Waals surface area contributed by atoms with Gasteiger partial charge in [-0.2, -0.15) is 0 Å². The second-order valence-electron chi connectivity index (χ2n) is 7.58. The average molecular weight is 388 g/mol. The van der Waals surface area contributed by atoms with Crippen LogP contribution in [0, 0.1) is 0 Å². The number of nitrogens with zero attached hydrogens (tertiary/aromatic N) is 3. The standard InChI is InChI=1S/C24H29N5/c1-25-24(27-17-23-22-10-6-5-9-20(22)11-14-26-23)28-21-12-15-29(16-13-21)18-19-7-3-2-4-8-19/h2-11,14,21H,12-13,15-18H2,1H3,(H2,25,27,28). The Labute approximate surface area is 172 Å². The monoisotopic (exact) mass is 387 g/mol. The van der Waals surface area contributed by atoms with E-state index in [1.165, 1.54) is 16.3 Å². The van der Waals surface area contributed by atoms with Crippen molar-refractivity contribution >= 4 is 16.7 Å². The molecule has 0 amide bonds. The molecule has 1 aromatic heterocycles. The van der Waals surface area contributed by atoms with Crippen molar-refractivity contribution in [1.82, 2.24) is 20.5 Å². The number of guanidine groups is 1. The number of rotatable bonds is 5. The maximum Gasteiger partial charge on any atom is 0.191 e. The van der Waals surface area contributed by atoms with Crippen LogP contribution in [0.25, 0.3) is 10.8 Å². The van der Waals surface area contributed by atoms with E-state index in [4.69, 9.17) is 0 Å². The molecule has 0 spiro atoms. The fourth-order valence-electron chi connectivity index (χ4n) is 3.96. The van der Waals surface area contributed by atoms with E-state index >= 15 is 0 Å². The molecule has 1 aliphatic heterocycles. The molecule has 2 aromatic carbocycles. The van der Waals surface area contributed by atoms with Crippen LogP contribution in [0.2, 0.25) is 0 Å². The Morgan fingerprint density at radius 1 is 1.03 bits per heavy atom. The number of nitrogens with one attached hydrogen (secondary N) is 2. The highest BCUT2D eigenvalue weighted by Gasteiger charge is 2.20. The number of benzene rings is 2. The summed E-state index contributed by atoms with van der Waals surface area (Å²) in [6.07, 6.45) is 4.12. The smallest absolute Gasteiger partial charge is 0.191 e. The summed E-state index contributed by atoms with van der Waals surface area (Å²) in [6, 6.07) is 21.6. The Hall–Kier alpha value is -2.92. The van der Waals surface area contributed by atoms with Gasteiger partial charge in [0.15, 0.2) is 5.96 Å². The van der Waals surface area contributed by atoms with E-state index in [1.807, 2.05) is 13.2 Å². The molecule has 0 radical (unpaired) electrons. The molecule has 29 heavy (non-hydrogen) atoms. The maximum atomic E-state index is 4.56. The first kappa shape index (κ1) is 19.4. The third-order valence-corrected chi connectivity index (χ3v) is 5.58. The molecule has 150 valence electrons. The predicted molar refractivity (Wildman–Crippen MR) is 120 cm³/mol. The van der Waals surface area contributed by atoms with Crippen LogP contribution in [0.4, 0.5) is 0 Å². The highest BCUT2D eigenvalue weighted by Crippen LogP contribution is 2.16. The quantitative estimate of drug-likeness (QED) is 0.519. The van der Waals surface area contributed by atoms with Crippen molar-refractivity contribution in [2.45, 2.75) is 32.0 Å². The van der Waals surface area contributed by atoms with Crippen molar-refractivity contribution in [3.8, 4) is 0 Å². The minimum Gasteiger partial charge on any atom is -0.354 e. The average Bonchev–Trinajstić information content (AvgIpc) is 2.78. The van der Waals surface area contributed by atoms with Crippen LogP contribution >= 0.6 is 0 Å². The number of pyridine rings is 1.